The topological polar surface area (TPSA) is 25.2 Å². The number of aryl methyl sites for hydroxylation is 1. The standard InChI is InChI=1S/C21H23FN2O/c1-3-23(4-2)12-13-24-17-7-5-6-16(22)21(17)20-15-9-11-19(25)14(15)8-10-18(20)24/h5-8,10H,3-4,9,11-13H2,1-2H3. The van der Waals surface area contributed by atoms with Gasteiger partial charge in [-0.25, -0.2) is 4.39 Å². The third-order valence-corrected chi connectivity index (χ3v) is 5.55. The average molecular weight is 338 g/mol. The number of hydrogen-bond donors (Lipinski definition) is 0. The Kier molecular flexibility index (Phi) is 4.08. The largest absolute Gasteiger partial charge is 0.339 e. The summed E-state index contributed by atoms with van der Waals surface area (Å²) >= 11 is 0. The molecule has 0 N–H and O–H groups in total. The second kappa shape index (κ2) is 6.26. The van der Waals surface area contributed by atoms with E-state index in [4.69, 9.17) is 0 Å². The molecule has 2 aromatic carbocycles. The molecule has 1 aliphatic carbocycles. The van der Waals surface area contributed by atoms with Gasteiger partial charge in [0, 0.05) is 41.4 Å². The van der Waals surface area contributed by atoms with Crippen molar-refractivity contribution in [3.63, 3.8) is 0 Å². The van der Waals surface area contributed by atoms with Gasteiger partial charge in [0.05, 0.1) is 5.52 Å². The van der Waals surface area contributed by atoms with Crippen LogP contribution < -0.4 is 0 Å². The highest BCUT2D eigenvalue weighted by molar-refractivity contribution is 6.15. The first kappa shape index (κ1) is 16.3. The molecule has 0 atom stereocenters. The second-order valence-corrected chi connectivity index (χ2v) is 6.72. The van der Waals surface area contributed by atoms with Crippen LogP contribution in [0.5, 0.6) is 0 Å². The van der Waals surface area contributed by atoms with Gasteiger partial charge in [-0.1, -0.05) is 19.9 Å². The normalized spacial score (nSPS) is 14.2. The van der Waals surface area contributed by atoms with Gasteiger partial charge in [0.25, 0.3) is 0 Å². The van der Waals surface area contributed by atoms with E-state index in [9.17, 15) is 9.18 Å². The van der Waals surface area contributed by atoms with Crippen LogP contribution in [0, 0.1) is 5.82 Å². The number of nitrogens with zero attached hydrogens (tertiary/aromatic N) is 2. The maximum Gasteiger partial charge on any atom is 0.163 e. The fraction of sp³-hybridized carbons (Fsp3) is 0.381. The van der Waals surface area contributed by atoms with Gasteiger partial charge in [-0.15, -0.1) is 0 Å². The molecule has 130 valence electrons. The van der Waals surface area contributed by atoms with E-state index in [-0.39, 0.29) is 11.6 Å². The number of carbonyl (C=O) groups is 1. The summed E-state index contributed by atoms with van der Waals surface area (Å²) in [5.74, 6) is -0.0193. The summed E-state index contributed by atoms with van der Waals surface area (Å²) in [5.41, 5.74) is 3.77. The van der Waals surface area contributed by atoms with E-state index in [1.165, 1.54) is 6.07 Å². The van der Waals surface area contributed by atoms with Gasteiger partial charge in [0.1, 0.15) is 5.82 Å². The van der Waals surface area contributed by atoms with Crippen molar-refractivity contribution in [2.45, 2.75) is 33.2 Å². The van der Waals surface area contributed by atoms with Crippen molar-refractivity contribution < 1.29 is 9.18 Å². The molecule has 0 fully saturated rings. The molecule has 0 spiro atoms. The maximum atomic E-state index is 14.7. The molecule has 0 unspecified atom stereocenters. The summed E-state index contributed by atoms with van der Waals surface area (Å²) in [5, 5.41) is 1.61. The molecule has 1 aromatic heterocycles. The number of rotatable bonds is 5. The number of benzene rings is 2. The Labute approximate surface area is 147 Å². The van der Waals surface area contributed by atoms with Crippen LogP contribution in [0.25, 0.3) is 21.8 Å². The molecule has 0 aliphatic heterocycles. The van der Waals surface area contributed by atoms with Gasteiger partial charge in [0.2, 0.25) is 0 Å². The number of likely N-dealkylation sites (N-methyl/N-ethyl adjacent to an activating group) is 1. The second-order valence-electron chi connectivity index (χ2n) is 6.72. The summed E-state index contributed by atoms with van der Waals surface area (Å²) in [6.07, 6.45) is 1.25. The Balaban J connectivity index is 1.96. The van der Waals surface area contributed by atoms with E-state index in [0.717, 1.165) is 60.1 Å². The zero-order valence-electron chi connectivity index (χ0n) is 14.8. The Morgan fingerprint density at radius 2 is 1.80 bits per heavy atom. The van der Waals surface area contributed by atoms with Crippen LogP contribution in [0.2, 0.25) is 0 Å². The highest BCUT2D eigenvalue weighted by Gasteiger charge is 2.25. The fourth-order valence-electron chi connectivity index (χ4n) is 4.17. The summed E-state index contributed by atoms with van der Waals surface area (Å²) in [6.45, 7) is 8.08. The molecular formula is C21H23FN2O. The quantitative estimate of drug-likeness (QED) is 0.689. The molecule has 0 saturated carbocycles. The zero-order valence-corrected chi connectivity index (χ0v) is 14.8. The number of ketones is 1. The van der Waals surface area contributed by atoms with E-state index in [0.29, 0.717) is 11.8 Å². The monoisotopic (exact) mass is 338 g/mol. The Morgan fingerprint density at radius 3 is 2.56 bits per heavy atom. The minimum atomic E-state index is -0.197. The van der Waals surface area contributed by atoms with Crippen LogP contribution >= 0.6 is 0 Å². The van der Waals surface area contributed by atoms with Gasteiger partial charge in [-0.05, 0) is 49.3 Å². The van der Waals surface area contributed by atoms with E-state index >= 15 is 0 Å². The Hall–Kier alpha value is -2.20. The van der Waals surface area contributed by atoms with Gasteiger partial charge >= 0.3 is 0 Å². The molecule has 0 saturated heterocycles. The lowest BCUT2D eigenvalue weighted by molar-refractivity contribution is 0.0994. The number of hydrogen-bond acceptors (Lipinski definition) is 2. The smallest absolute Gasteiger partial charge is 0.163 e. The van der Waals surface area contributed by atoms with Gasteiger partial charge in [-0.3, -0.25) is 4.79 Å². The van der Waals surface area contributed by atoms with Crippen molar-refractivity contribution in [1.82, 2.24) is 9.47 Å². The first-order chi connectivity index (χ1) is 12.2. The first-order valence-corrected chi connectivity index (χ1v) is 9.13. The summed E-state index contributed by atoms with van der Waals surface area (Å²) < 4.78 is 16.9. The number of carbonyl (C=O) groups excluding carboxylic acids is 1. The molecule has 0 radical (unpaired) electrons. The highest BCUT2D eigenvalue weighted by atomic mass is 19.1. The van der Waals surface area contributed by atoms with Crippen LogP contribution in [-0.4, -0.2) is 34.9 Å². The predicted octanol–water partition coefficient (Wildman–Crippen LogP) is 4.40. The molecule has 1 aliphatic rings. The zero-order chi connectivity index (χ0) is 17.6. The first-order valence-electron chi connectivity index (χ1n) is 9.13. The molecule has 3 nitrogen and oxygen atoms in total. The van der Waals surface area contributed by atoms with Crippen molar-refractivity contribution in [3.05, 3.63) is 47.3 Å². The number of halogens is 1. The summed E-state index contributed by atoms with van der Waals surface area (Å²) in [4.78, 5) is 14.5. The van der Waals surface area contributed by atoms with E-state index < -0.39 is 0 Å². The van der Waals surface area contributed by atoms with Crippen molar-refractivity contribution in [2.24, 2.45) is 0 Å². The lowest BCUT2D eigenvalue weighted by Crippen LogP contribution is -2.26. The number of Topliss-reactive ketones (excluding diaryl/α,β-unsaturated/α-hetero) is 1. The lowest BCUT2D eigenvalue weighted by atomic mass is 10.0. The van der Waals surface area contributed by atoms with E-state index in [2.05, 4.69) is 23.3 Å². The molecular weight excluding hydrogens is 315 g/mol. The van der Waals surface area contributed by atoms with Crippen molar-refractivity contribution in [2.75, 3.05) is 19.6 Å². The van der Waals surface area contributed by atoms with E-state index in [1.807, 2.05) is 18.2 Å². The van der Waals surface area contributed by atoms with Crippen molar-refractivity contribution >= 4 is 27.6 Å². The van der Waals surface area contributed by atoms with Crippen LogP contribution in [-0.2, 0) is 13.0 Å². The van der Waals surface area contributed by atoms with Gasteiger partial charge in [0.15, 0.2) is 5.78 Å². The van der Waals surface area contributed by atoms with Gasteiger partial charge < -0.3 is 9.47 Å². The minimum absolute atomic E-state index is 0.178. The molecule has 0 bridgehead atoms. The molecule has 1 heterocycles. The van der Waals surface area contributed by atoms with Crippen molar-refractivity contribution in [3.8, 4) is 0 Å². The molecule has 4 rings (SSSR count). The molecule has 0 amide bonds. The van der Waals surface area contributed by atoms with Crippen LogP contribution in [0.3, 0.4) is 0 Å². The fourth-order valence-corrected chi connectivity index (χ4v) is 4.17. The van der Waals surface area contributed by atoms with Crippen LogP contribution in [0.1, 0.15) is 36.2 Å². The number of aromatic nitrogens is 1. The third kappa shape index (κ3) is 2.47. The lowest BCUT2D eigenvalue weighted by Gasteiger charge is -2.19. The molecule has 4 heteroatoms. The SMILES string of the molecule is CCN(CC)CCn1c2cccc(F)c2c2c3c(ccc21)C(=O)CC3. The molecule has 25 heavy (non-hydrogen) atoms. The van der Waals surface area contributed by atoms with Crippen molar-refractivity contribution in [1.29, 1.82) is 0 Å². The summed E-state index contributed by atoms with van der Waals surface area (Å²) in [7, 11) is 0. The van der Waals surface area contributed by atoms with Gasteiger partial charge in [-0.2, -0.15) is 0 Å². The predicted molar refractivity (Wildman–Crippen MR) is 99.8 cm³/mol. The van der Waals surface area contributed by atoms with E-state index in [1.54, 1.807) is 6.07 Å². The summed E-state index contributed by atoms with van der Waals surface area (Å²) in [6, 6.07) is 9.21. The molecule has 3 aromatic rings. The van der Waals surface area contributed by atoms with Crippen LogP contribution in [0.15, 0.2) is 30.3 Å². The average Bonchev–Trinajstić information content (AvgIpc) is 3.15. The highest BCUT2D eigenvalue weighted by Crippen LogP contribution is 2.38. The Bertz CT molecular complexity index is 969. The van der Waals surface area contributed by atoms with Crippen LogP contribution in [0.4, 0.5) is 4.39 Å². The maximum absolute atomic E-state index is 14.7. The third-order valence-electron chi connectivity index (χ3n) is 5.55. The number of fused-ring (bicyclic) bond motifs is 5. The Morgan fingerprint density at radius 1 is 1.04 bits per heavy atom. The minimum Gasteiger partial charge on any atom is -0.339 e.